The van der Waals surface area contributed by atoms with Crippen LogP contribution >= 0.6 is 23.5 Å². The zero-order chi connectivity index (χ0) is 10.1. The van der Waals surface area contributed by atoms with Gasteiger partial charge in [0, 0.05) is 6.07 Å². The molecule has 0 aliphatic rings. The maximum absolute atomic E-state index is 11.5. The highest BCUT2D eigenvalue weighted by atomic mass is 32.2. The van der Waals surface area contributed by atoms with Crippen LogP contribution in [-0.2, 0) is 0 Å². The van der Waals surface area contributed by atoms with Crippen LogP contribution in [0.15, 0.2) is 21.0 Å². The van der Waals surface area contributed by atoms with Crippen LogP contribution in [0.2, 0.25) is 0 Å². The van der Waals surface area contributed by atoms with E-state index in [0.717, 1.165) is 0 Å². The van der Waals surface area contributed by atoms with Crippen LogP contribution in [0.3, 0.4) is 0 Å². The van der Waals surface area contributed by atoms with Gasteiger partial charge in [-0.2, -0.15) is 9.50 Å². The molecule has 14 heavy (non-hydrogen) atoms. The monoisotopic (exact) mass is 228 g/mol. The maximum Gasteiger partial charge on any atom is 0.275 e. The first-order valence-corrected chi connectivity index (χ1v) is 6.27. The van der Waals surface area contributed by atoms with Crippen molar-refractivity contribution in [2.24, 2.45) is 0 Å². The SMILES string of the molecule is CSc1cc(=O)n2[nH]c(SC)nc2n1. The number of hydrogen-bond donors (Lipinski definition) is 1. The van der Waals surface area contributed by atoms with Crippen molar-refractivity contribution in [1.29, 1.82) is 0 Å². The zero-order valence-electron chi connectivity index (χ0n) is 7.64. The summed E-state index contributed by atoms with van der Waals surface area (Å²) in [5, 5.41) is 4.23. The molecule has 0 radical (unpaired) electrons. The Balaban J connectivity index is 2.73. The molecule has 0 fully saturated rings. The fourth-order valence-electron chi connectivity index (χ4n) is 1.04. The molecule has 2 heterocycles. The lowest BCUT2D eigenvalue weighted by molar-refractivity contribution is 0.838. The number of rotatable bonds is 2. The minimum Gasteiger partial charge on any atom is -0.267 e. The molecule has 0 aromatic carbocycles. The molecule has 0 amide bonds. The van der Waals surface area contributed by atoms with Gasteiger partial charge in [-0.25, -0.2) is 4.98 Å². The lowest BCUT2D eigenvalue weighted by atomic mass is 10.6. The van der Waals surface area contributed by atoms with E-state index < -0.39 is 0 Å². The Bertz CT molecular complexity index is 518. The van der Waals surface area contributed by atoms with Gasteiger partial charge in [-0.15, -0.1) is 11.8 Å². The second-order valence-electron chi connectivity index (χ2n) is 2.51. The minimum atomic E-state index is -0.132. The van der Waals surface area contributed by atoms with Crippen LogP contribution < -0.4 is 5.56 Å². The van der Waals surface area contributed by atoms with E-state index in [9.17, 15) is 4.79 Å². The second-order valence-corrected chi connectivity index (χ2v) is 4.13. The van der Waals surface area contributed by atoms with Crippen LogP contribution in [0.4, 0.5) is 0 Å². The number of fused-ring (bicyclic) bond motifs is 1. The van der Waals surface area contributed by atoms with Crippen molar-refractivity contribution in [3.63, 3.8) is 0 Å². The topological polar surface area (TPSA) is 63.0 Å². The molecular formula is C7H8N4OS2. The van der Waals surface area contributed by atoms with Gasteiger partial charge < -0.3 is 0 Å². The molecular weight excluding hydrogens is 220 g/mol. The highest BCUT2D eigenvalue weighted by molar-refractivity contribution is 7.98. The third-order valence-electron chi connectivity index (χ3n) is 1.69. The first kappa shape index (κ1) is 9.60. The summed E-state index contributed by atoms with van der Waals surface area (Å²) in [5.74, 6) is 0.422. The molecule has 0 bridgehead atoms. The van der Waals surface area contributed by atoms with E-state index in [4.69, 9.17) is 0 Å². The lowest BCUT2D eigenvalue weighted by Gasteiger charge is -1.93. The van der Waals surface area contributed by atoms with E-state index in [1.165, 1.54) is 34.1 Å². The van der Waals surface area contributed by atoms with Crippen LogP contribution in [0.5, 0.6) is 0 Å². The highest BCUT2D eigenvalue weighted by Crippen LogP contribution is 2.11. The number of nitrogens with zero attached hydrogens (tertiary/aromatic N) is 3. The number of aromatic amines is 1. The Labute approximate surface area is 88.3 Å². The van der Waals surface area contributed by atoms with E-state index in [-0.39, 0.29) is 5.56 Å². The number of hydrogen-bond acceptors (Lipinski definition) is 5. The lowest BCUT2D eigenvalue weighted by Crippen LogP contribution is -2.14. The summed E-state index contributed by atoms with van der Waals surface area (Å²) in [7, 11) is 0. The number of aromatic nitrogens is 4. The Hall–Kier alpha value is -0.950. The van der Waals surface area contributed by atoms with Gasteiger partial charge in [0.15, 0.2) is 5.16 Å². The summed E-state index contributed by atoms with van der Waals surface area (Å²) in [6.45, 7) is 0. The average molecular weight is 228 g/mol. The van der Waals surface area contributed by atoms with E-state index in [0.29, 0.717) is 16.0 Å². The van der Waals surface area contributed by atoms with Gasteiger partial charge >= 0.3 is 0 Å². The van der Waals surface area contributed by atoms with Crippen molar-refractivity contribution in [2.45, 2.75) is 10.2 Å². The summed E-state index contributed by atoms with van der Waals surface area (Å²) in [6, 6.07) is 1.49. The number of nitrogens with one attached hydrogen (secondary N) is 1. The standard InChI is InChI=1S/C7H8N4OS2/c1-13-4-3-5(12)11-6(8-4)9-7(10-11)14-2/h3H,1-2H3,(H,8,9,10). The molecule has 0 aliphatic carbocycles. The van der Waals surface area contributed by atoms with Crippen molar-refractivity contribution in [2.75, 3.05) is 12.5 Å². The largest absolute Gasteiger partial charge is 0.275 e. The Morgan fingerprint density at radius 1 is 1.36 bits per heavy atom. The second kappa shape index (κ2) is 3.66. The normalized spacial score (nSPS) is 11.0. The molecule has 2 aromatic rings. The zero-order valence-corrected chi connectivity index (χ0v) is 9.28. The van der Waals surface area contributed by atoms with Crippen molar-refractivity contribution >= 4 is 29.3 Å². The summed E-state index contributed by atoms with van der Waals surface area (Å²) in [4.78, 5) is 19.9. The predicted molar refractivity (Wildman–Crippen MR) is 57.2 cm³/mol. The number of thioether (sulfide) groups is 2. The Kier molecular flexibility index (Phi) is 2.51. The van der Waals surface area contributed by atoms with Gasteiger partial charge in [0.25, 0.3) is 11.3 Å². The fraction of sp³-hybridized carbons (Fsp3) is 0.286. The van der Waals surface area contributed by atoms with Gasteiger partial charge in [0.05, 0.1) is 0 Å². The van der Waals surface area contributed by atoms with Crippen molar-refractivity contribution in [3.8, 4) is 0 Å². The molecule has 5 nitrogen and oxygen atoms in total. The third kappa shape index (κ3) is 1.53. The molecule has 0 aliphatic heterocycles. The molecule has 0 atom stereocenters. The van der Waals surface area contributed by atoms with Crippen molar-refractivity contribution in [3.05, 3.63) is 16.4 Å². The maximum atomic E-state index is 11.5. The quantitative estimate of drug-likeness (QED) is 0.610. The molecule has 7 heteroatoms. The summed E-state index contributed by atoms with van der Waals surface area (Å²) in [5.41, 5.74) is -0.132. The molecule has 2 aromatic heterocycles. The molecule has 0 spiro atoms. The van der Waals surface area contributed by atoms with Gasteiger partial charge in [-0.1, -0.05) is 11.8 Å². The third-order valence-corrected chi connectivity index (χ3v) is 2.89. The molecule has 74 valence electrons. The summed E-state index contributed by atoms with van der Waals surface area (Å²) >= 11 is 2.87. The average Bonchev–Trinajstić information content (AvgIpc) is 2.61. The van der Waals surface area contributed by atoms with E-state index in [1.807, 2.05) is 12.5 Å². The van der Waals surface area contributed by atoms with Gasteiger partial charge in [0.2, 0.25) is 0 Å². The van der Waals surface area contributed by atoms with Crippen LogP contribution in [0, 0.1) is 0 Å². The number of H-pyrrole nitrogens is 1. The van der Waals surface area contributed by atoms with Crippen molar-refractivity contribution < 1.29 is 0 Å². The predicted octanol–water partition coefficient (Wildman–Crippen LogP) is 0.861. The molecule has 0 unspecified atom stereocenters. The van der Waals surface area contributed by atoms with E-state index >= 15 is 0 Å². The Morgan fingerprint density at radius 2 is 2.14 bits per heavy atom. The van der Waals surface area contributed by atoms with Crippen LogP contribution in [0.1, 0.15) is 0 Å². The molecule has 0 saturated carbocycles. The van der Waals surface area contributed by atoms with E-state index in [2.05, 4.69) is 15.1 Å². The molecule has 1 N–H and O–H groups in total. The van der Waals surface area contributed by atoms with Gasteiger partial charge in [-0.05, 0) is 12.5 Å². The van der Waals surface area contributed by atoms with Crippen LogP contribution in [-0.4, -0.2) is 32.1 Å². The molecule has 2 rings (SSSR count). The molecule has 0 saturated heterocycles. The van der Waals surface area contributed by atoms with E-state index in [1.54, 1.807) is 0 Å². The first-order valence-electron chi connectivity index (χ1n) is 3.82. The smallest absolute Gasteiger partial charge is 0.267 e. The van der Waals surface area contributed by atoms with Gasteiger partial charge in [0.1, 0.15) is 5.03 Å². The minimum absolute atomic E-state index is 0.132. The van der Waals surface area contributed by atoms with Gasteiger partial charge in [-0.3, -0.25) is 9.89 Å². The summed E-state index contributed by atoms with van der Waals surface area (Å²) < 4.78 is 1.34. The summed E-state index contributed by atoms with van der Waals surface area (Å²) in [6.07, 6.45) is 3.76. The fourth-order valence-corrected chi connectivity index (χ4v) is 1.78. The van der Waals surface area contributed by atoms with Crippen LogP contribution in [0.25, 0.3) is 5.78 Å². The first-order chi connectivity index (χ1) is 6.74. The van der Waals surface area contributed by atoms with Crippen molar-refractivity contribution in [1.82, 2.24) is 19.6 Å². The Morgan fingerprint density at radius 3 is 2.79 bits per heavy atom. The highest BCUT2D eigenvalue weighted by Gasteiger charge is 2.06.